The van der Waals surface area contributed by atoms with Crippen LogP contribution in [0.2, 0.25) is 0 Å². The smallest absolute Gasteiger partial charge is 0.256 e. The molecule has 6 nitrogen and oxygen atoms in total. The SMILES string of the molecule is CCN(CC)CCCC(=O)c1[nH]c(/C=C2\C(=O)Nc3ccc(-c4csc(-c5ccccc5)n4)cc32)c2c1CCCC2. The molecule has 2 aliphatic rings. The van der Waals surface area contributed by atoms with E-state index in [1.807, 2.05) is 36.4 Å². The van der Waals surface area contributed by atoms with Crippen molar-refractivity contribution in [3.63, 3.8) is 0 Å². The van der Waals surface area contributed by atoms with Crippen molar-refractivity contribution in [1.82, 2.24) is 14.9 Å². The van der Waals surface area contributed by atoms with E-state index in [4.69, 9.17) is 4.98 Å². The largest absolute Gasteiger partial charge is 0.352 e. The van der Waals surface area contributed by atoms with Crippen molar-refractivity contribution < 1.29 is 9.59 Å². The predicted molar refractivity (Wildman–Crippen MR) is 168 cm³/mol. The lowest BCUT2D eigenvalue weighted by Crippen LogP contribution is -2.24. The van der Waals surface area contributed by atoms with Gasteiger partial charge in [-0.3, -0.25) is 9.59 Å². The number of Topliss-reactive ketones (excluding diaryl/α,β-unsaturated/α-hetero) is 1. The molecule has 6 rings (SSSR count). The molecule has 2 aromatic carbocycles. The second-order valence-electron chi connectivity index (χ2n) is 10.8. The number of aromatic nitrogens is 2. The molecular weight excluding hydrogens is 528 g/mol. The molecule has 0 fully saturated rings. The number of carbonyl (C=O) groups excluding carboxylic acids is 2. The lowest BCUT2D eigenvalue weighted by Gasteiger charge is -2.17. The van der Waals surface area contributed by atoms with Crippen LogP contribution in [0.3, 0.4) is 0 Å². The molecular formula is C34H36N4O2S. The zero-order valence-electron chi connectivity index (χ0n) is 23.8. The summed E-state index contributed by atoms with van der Waals surface area (Å²) in [5.41, 5.74) is 9.24. The molecule has 41 heavy (non-hydrogen) atoms. The van der Waals surface area contributed by atoms with Crippen molar-refractivity contribution in [2.45, 2.75) is 52.4 Å². The van der Waals surface area contributed by atoms with Crippen LogP contribution in [0.25, 0.3) is 33.5 Å². The van der Waals surface area contributed by atoms with Crippen LogP contribution in [-0.2, 0) is 17.6 Å². The highest BCUT2D eigenvalue weighted by Crippen LogP contribution is 2.39. The Balaban J connectivity index is 1.30. The fourth-order valence-corrected chi connectivity index (χ4v) is 6.84. The average Bonchev–Trinajstić information content (AvgIpc) is 3.72. The monoisotopic (exact) mass is 564 g/mol. The van der Waals surface area contributed by atoms with Gasteiger partial charge in [-0.05, 0) is 81.1 Å². The molecule has 4 aromatic rings. The first-order chi connectivity index (χ1) is 20.1. The second kappa shape index (κ2) is 12.0. The highest BCUT2D eigenvalue weighted by Gasteiger charge is 2.28. The third-order valence-corrected chi connectivity index (χ3v) is 9.21. The van der Waals surface area contributed by atoms with Gasteiger partial charge in [-0.2, -0.15) is 0 Å². The Morgan fingerprint density at radius 3 is 2.59 bits per heavy atom. The van der Waals surface area contributed by atoms with Gasteiger partial charge < -0.3 is 15.2 Å². The molecule has 210 valence electrons. The molecule has 2 N–H and O–H groups in total. The second-order valence-corrected chi connectivity index (χ2v) is 11.7. The van der Waals surface area contributed by atoms with Crippen LogP contribution in [0.15, 0.2) is 53.9 Å². The van der Waals surface area contributed by atoms with E-state index in [0.717, 1.165) is 102 Å². The molecule has 3 heterocycles. The van der Waals surface area contributed by atoms with E-state index in [1.54, 1.807) is 11.3 Å². The quantitative estimate of drug-likeness (QED) is 0.155. The molecule has 0 atom stereocenters. The summed E-state index contributed by atoms with van der Waals surface area (Å²) in [7, 11) is 0. The highest BCUT2D eigenvalue weighted by atomic mass is 32.1. The van der Waals surface area contributed by atoms with Gasteiger partial charge in [0.05, 0.1) is 17.0 Å². The molecule has 0 spiro atoms. The van der Waals surface area contributed by atoms with Crippen LogP contribution in [-0.4, -0.2) is 46.2 Å². The number of hydrogen-bond donors (Lipinski definition) is 2. The van der Waals surface area contributed by atoms with Crippen molar-refractivity contribution in [2.24, 2.45) is 0 Å². The zero-order valence-corrected chi connectivity index (χ0v) is 24.6. The number of nitrogens with one attached hydrogen (secondary N) is 2. The summed E-state index contributed by atoms with van der Waals surface area (Å²) >= 11 is 1.62. The van der Waals surface area contributed by atoms with Gasteiger partial charge in [-0.1, -0.05) is 50.2 Å². The molecule has 1 amide bonds. The summed E-state index contributed by atoms with van der Waals surface area (Å²) in [4.78, 5) is 37.2. The molecule has 0 unspecified atom stereocenters. The van der Waals surface area contributed by atoms with Crippen molar-refractivity contribution in [3.8, 4) is 21.8 Å². The minimum absolute atomic E-state index is 0.119. The van der Waals surface area contributed by atoms with Crippen LogP contribution in [0.4, 0.5) is 5.69 Å². The number of thiazole rings is 1. The normalized spacial score (nSPS) is 15.3. The maximum absolute atomic E-state index is 13.3. The van der Waals surface area contributed by atoms with E-state index in [9.17, 15) is 9.59 Å². The summed E-state index contributed by atoms with van der Waals surface area (Å²) in [6, 6.07) is 16.2. The molecule has 2 aromatic heterocycles. The molecule has 0 radical (unpaired) electrons. The van der Waals surface area contributed by atoms with E-state index in [2.05, 4.69) is 52.6 Å². The summed E-state index contributed by atoms with van der Waals surface area (Å²) in [5, 5.41) is 6.06. The number of aromatic amines is 1. The van der Waals surface area contributed by atoms with Gasteiger partial charge in [-0.15, -0.1) is 11.3 Å². The summed E-state index contributed by atoms with van der Waals surface area (Å²) in [5.74, 6) is 0.0583. The number of nitrogens with zero attached hydrogens (tertiary/aromatic N) is 2. The minimum atomic E-state index is -0.119. The number of H-pyrrole nitrogens is 1. The Morgan fingerprint density at radius 1 is 1.02 bits per heavy atom. The van der Waals surface area contributed by atoms with E-state index >= 15 is 0 Å². The van der Waals surface area contributed by atoms with Gasteiger partial charge in [0.2, 0.25) is 0 Å². The Morgan fingerprint density at radius 2 is 1.80 bits per heavy atom. The molecule has 0 saturated carbocycles. The van der Waals surface area contributed by atoms with Crippen LogP contribution < -0.4 is 5.32 Å². The number of rotatable bonds is 10. The van der Waals surface area contributed by atoms with Crippen molar-refractivity contribution in [1.29, 1.82) is 0 Å². The first kappa shape index (κ1) is 27.4. The summed E-state index contributed by atoms with van der Waals surface area (Å²) < 4.78 is 0. The fraction of sp³-hybridized carbons (Fsp3) is 0.324. The standard InChI is InChI=1S/C34H36N4O2S/c1-3-38(4-2)18-10-15-31(39)32-25-14-9-8-13-24(25)29(35-32)20-27-26-19-23(16-17-28(26)36-33(27)40)30-21-41-34(37-30)22-11-6-5-7-12-22/h5-7,11-12,16-17,19-21,35H,3-4,8-10,13-15,18H2,1-2H3,(H,36,40)/b27-20-. The first-order valence-electron chi connectivity index (χ1n) is 14.7. The zero-order chi connectivity index (χ0) is 28.3. The van der Waals surface area contributed by atoms with E-state index in [1.165, 1.54) is 5.56 Å². The van der Waals surface area contributed by atoms with Gasteiger partial charge in [0, 0.05) is 39.9 Å². The number of amides is 1. The van der Waals surface area contributed by atoms with Gasteiger partial charge in [0.25, 0.3) is 5.91 Å². The maximum atomic E-state index is 13.3. The Labute approximate surface area is 245 Å². The third kappa shape index (κ3) is 5.56. The van der Waals surface area contributed by atoms with Crippen LogP contribution >= 0.6 is 11.3 Å². The molecule has 7 heteroatoms. The maximum Gasteiger partial charge on any atom is 0.256 e. The fourth-order valence-electron chi connectivity index (χ4n) is 6.01. The van der Waals surface area contributed by atoms with Crippen molar-refractivity contribution in [3.05, 3.63) is 82.0 Å². The van der Waals surface area contributed by atoms with Crippen LogP contribution in [0.1, 0.15) is 72.4 Å². The number of hydrogen-bond acceptors (Lipinski definition) is 5. The van der Waals surface area contributed by atoms with E-state index in [-0.39, 0.29) is 11.7 Å². The predicted octanol–water partition coefficient (Wildman–Crippen LogP) is 7.48. The van der Waals surface area contributed by atoms with Crippen LogP contribution in [0.5, 0.6) is 0 Å². The average molecular weight is 565 g/mol. The molecule has 0 bridgehead atoms. The first-order valence-corrected chi connectivity index (χ1v) is 15.6. The number of benzene rings is 2. The molecule has 0 saturated heterocycles. The highest BCUT2D eigenvalue weighted by molar-refractivity contribution is 7.13. The van der Waals surface area contributed by atoms with Gasteiger partial charge in [-0.25, -0.2) is 4.98 Å². The van der Waals surface area contributed by atoms with Gasteiger partial charge in [0.1, 0.15) is 5.01 Å². The number of carbonyl (C=O) groups is 2. The topological polar surface area (TPSA) is 78.1 Å². The minimum Gasteiger partial charge on any atom is -0.352 e. The molecule has 1 aliphatic carbocycles. The number of anilines is 1. The van der Waals surface area contributed by atoms with E-state index in [0.29, 0.717) is 12.0 Å². The van der Waals surface area contributed by atoms with E-state index < -0.39 is 0 Å². The molecule has 1 aliphatic heterocycles. The van der Waals surface area contributed by atoms with Gasteiger partial charge in [0.15, 0.2) is 5.78 Å². The summed E-state index contributed by atoms with van der Waals surface area (Å²) in [6.07, 6.45) is 7.36. The van der Waals surface area contributed by atoms with Crippen LogP contribution in [0, 0.1) is 0 Å². The number of fused-ring (bicyclic) bond motifs is 2. The summed E-state index contributed by atoms with van der Waals surface area (Å²) in [6.45, 7) is 7.26. The van der Waals surface area contributed by atoms with Crippen molar-refractivity contribution >= 4 is 40.4 Å². The lowest BCUT2D eigenvalue weighted by molar-refractivity contribution is -0.110. The Bertz CT molecular complexity index is 1610. The van der Waals surface area contributed by atoms with Gasteiger partial charge >= 0.3 is 0 Å². The Hall–Kier alpha value is -3.81. The third-order valence-electron chi connectivity index (χ3n) is 8.32. The number of ketones is 1. The van der Waals surface area contributed by atoms with Crippen molar-refractivity contribution in [2.75, 3.05) is 25.0 Å². The lowest BCUT2D eigenvalue weighted by atomic mass is 9.90. The Kier molecular flexibility index (Phi) is 7.99.